The van der Waals surface area contributed by atoms with Crippen molar-refractivity contribution in [2.75, 3.05) is 67.5 Å². The monoisotopic (exact) mass is 795 g/mol. The summed E-state index contributed by atoms with van der Waals surface area (Å²) in [4.78, 5) is 91.9. The zero-order chi connectivity index (χ0) is 40.0. The van der Waals surface area contributed by atoms with Crippen molar-refractivity contribution >= 4 is 75.1 Å². The van der Waals surface area contributed by atoms with Crippen LogP contribution in [0.4, 0.5) is 23.1 Å². The minimum Gasteiger partial charge on any atom is -0.480 e. The largest absolute Gasteiger partial charge is 0.480 e. The highest BCUT2D eigenvalue weighted by molar-refractivity contribution is 6.33. The molecule has 0 saturated carbocycles. The summed E-state index contributed by atoms with van der Waals surface area (Å²) in [6, 6.07) is 11.5. The van der Waals surface area contributed by atoms with Gasteiger partial charge < -0.3 is 24.4 Å². The fourth-order valence-corrected chi connectivity index (χ4v) is 8.21. The zero-order valence-corrected chi connectivity index (χ0v) is 32.4. The molecule has 3 saturated heterocycles. The van der Waals surface area contributed by atoms with Crippen molar-refractivity contribution in [2.45, 2.75) is 38.6 Å². The number of nitrogens with zero attached hydrogens (tertiary/aromatic N) is 7. The Labute approximate surface area is 332 Å². The third-order valence-electron chi connectivity index (χ3n) is 11.2. The number of benzene rings is 2. The summed E-state index contributed by atoms with van der Waals surface area (Å²) in [5.74, 6) is -0.537. The molecule has 4 amide bonds. The molecule has 2 aromatic heterocycles. The Hall–Kier alpha value is -5.87. The van der Waals surface area contributed by atoms with Gasteiger partial charge in [-0.15, -0.1) is 0 Å². The lowest BCUT2D eigenvalue weighted by Crippen LogP contribution is -2.54. The number of carbonyl (C=O) groups is 5. The standard InChI is InChI=1S/C40H42ClN9O7/c1-23(51)22-57-33-18-25-17-26(3-6-31(25)46(2)39(33)56)43-35-30(41)20-42-40(45-35)49-11-9-24(10-12-49)21-47-13-15-48(16-14-47)27-4-5-28-29(19-27)38(55)50(37(28)54)32-7-8-34(52)44-36(32)53/h3-6,17-20,24,32H,7-16,21-22H2,1-2H3,(H,42,43,45)(H,44,52,53). The molecule has 57 heavy (non-hydrogen) atoms. The van der Waals surface area contributed by atoms with Gasteiger partial charge in [0.25, 0.3) is 17.4 Å². The second kappa shape index (κ2) is 15.6. The topological polar surface area (TPSA) is 179 Å². The van der Waals surface area contributed by atoms with E-state index in [1.807, 2.05) is 24.3 Å². The van der Waals surface area contributed by atoms with Gasteiger partial charge >= 0.3 is 0 Å². The molecule has 0 bridgehead atoms. The lowest BCUT2D eigenvalue weighted by atomic mass is 9.96. The molecule has 6 heterocycles. The minimum atomic E-state index is -0.985. The Morgan fingerprint density at radius 3 is 2.40 bits per heavy atom. The summed E-state index contributed by atoms with van der Waals surface area (Å²) in [6.45, 7) is 7.07. The molecule has 1 unspecified atom stereocenters. The number of pyridine rings is 1. The van der Waals surface area contributed by atoms with Gasteiger partial charge in [0.05, 0.1) is 22.8 Å². The molecule has 0 radical (unpaired) electrons. The molecule has 296 valence electrons. The number of hydrogen-bond donors (Lipinski definition) is 2. The maximum absolute atomic E-state index is 13.3. The Morgan fingerprint density at radius 2 is 1.67 bits per heavy atom. The number of rotatable bonds is 10. The first kappa shape index (κ1) is 38.0. The number of halogens is 1. The van der Waals surface area contributed by atoms with Crippen molar-refractivity contribution in [1.29, 1.82) is 0 Å². The first-order valence-corrected chi connectivity index (χ1v) is 19.4. The molecule has 2 aromatic carbocycles. The highest BCUT2D eigenvalue weighted by Crippen LogP contribution is 2.32. The number of anilines is 4. The molecular formula is C40H42ClN9O7. The summed E-state index contributed by atoms with van der Waals surface area (Å²) in [5, 5.41) is 6.65. The number of piperidine rings is 2. The SMILES string of the molecule is CC(=O)COc1cc2cc(Nc3nc(N4CCC(CN5CCN(c6ccc7c(c6)C(=O)N(C6CCC(=O)NC6=O)C7=O)CC5)CC4)ncc3Cl)ccc2n(C)c1=O. The van der Waals surface area contributed by atoms with Gasteiger partial charge in [-0.25, -0.2) is 4.98 Å². The van der Waals surface area contributed by atoms with Gasteiger partial charge in [0, 0.05) is 76.0 Å². The van der Waals surface area contributed by atoms with E-state index in [9.17, 15) is 28.8 Å². The van der Waals surface area contributed by atoms with Crippen LogP contribution in [0.1, 0.15) is 53.3 Å². The van der Waals surface area contributed by atoms with E-state index in [1.54, 1.807) is 31.4 Å². The summed E-state index contributed by atoms with van der Waals surface area (Å²) >= 11 is 6.54. The van der Waals surface area contributed by atoms with Crippen LogP contribution in [0.2, 0.25) is 5.02 Å². The summed E-state index contributed by atoms with van der Waals surface area (Å²) in [7, 11) is 1.66. The van der Waals surface area contributed by atoms with Crippen molar-refractivity contribution in [3.8, 4) is 5.75 Å². The van der Waals surface area contributed by atoms with E-state index < -0.39 is 29.7 Å². The number of ketones is 1. The average Bonchev–Trinajstić information content (AvgIpc) is 3.45. The van der Waals surface area contributed by atoms with Crippen molar-refractivity contribution in [2.24, 2.45) is 13.0 Å². The van der Waals surface area contributed by atoms with Crippen LogP contribution in [-0.2, 0) is 21.4 Å². The number of hydrogen-bond acceptors (Lipinski definition) is 13. The van der Waals surface area contributed by atoms with Crippen molar-refractivity contribution in [3.05, 3.63) is 75.2 Å². The fraction of sp³-hybridized carbons (Fsp3) is 0.400. The average molecular weight is 796 g/mol. The number of amides is 4. The number of carbonyl (C=O) groups excluding carboxylic acids is 5. The van der Waals surface area contributed by atoms with E-state index >= 15 is 0 Å². The van der Waals surface area contributed by atoms with E-state index in [0.29, 0.717) is 39.5 Å². The van der Waals surface area contributed by atoms with Crippen LogP contribution < -0.4 is 30.7 Å². The third-order valence-corrected chi connectivity index (χ3v) is 11.5. The summed E-state index contributed by atoms with van der Waals surface area (Å²) in [6.07, 6.45) is 3.77. The number of Topliss-reactive ketones (excluding diaryl/α,β-unsaturated/α-hetero) is 1. The van der Waals surface area contributed by atoms with Gasteiger partial charge in [0.1, 0.15) is 17.7 Å². The van der Waals surface area contributed by atoms with Crippen molar-refractivity contribution in [1.82, 2.24) is 29.7 Å². The quantitative estimate of drug-likeness (QED) is 0.224. The number of piperazine rings is 1. The number of imide groups is 2. The molecule has 2 N–H and O–H groups in total. The Kier molecular flexibility index (Phi) is 10.4. The predicted octanol–water partition coefficient (Wildman–Crippen LogP) is 3.13. The molecule has 8 rings (SSSR count). The second-order valence-electron chi connectivity index (χ2n) is 15.0. The second-order valence-corrected chi connectivity index (χ2v) is 15.4. The maximum Gasteiger partial charge on any atom is 0.293 e. The van der Waals surface area contributed by atoms with Crippen LogP contribution >= 0.6 is 11.6 Å². The van der Waals surface area contributed by atoms with Gasteiger partial charge in [-0.1, -0.05) is 11.6 Å². The van der Waals surface area contributed by atoms with E-state index in [4.69, 9.17) is 21.3 Å². The normalized spacial score (nSPS) is 19.3. The number of aryl methyl sites for hydroxylation is 1. The van der Waals surface area contributed by atoms with Crippen LogP contribution in [-0.4, -0.2) is 112 Å². The molecule has 17 heteroatoms. The third kappa shape index (κ3) is 7.66. The molecule has 0 spiro atoms. The van der Waals surface area contributed by atoms with Gasteiger partial charge in [0.2, 0.25) is 17.8 Å². The maximum atomic E-state index is 13.3. The van der Waals surface area contributed by atoms with Gasteiger partial charge in [-0.05, 0) is 74.6 Å². The van der Waals surface area contributed by atoms with Gasteiger partial charge in [-0.2, -0.15) is 4.98 Å². The molecule has 4 aliphatic rings. The summed E-state index contributed by atoms with van der Waals surface area (Å²) in [5.41, 5.74) is 2.52. The van der Waals surface area contributed by atoms with E-state index in [0.717, 1.165) is 74.6 Å². The highest BCUT2D eigenvalue weighted by atomic mass is 35.5. The fourth-order valence-electron chi connectivity index (χ4n) is 8.07. The first-order valence-electron chi connectivity index (χ1n) is 19.1. The Morgan fingerprint density at radius 1 is 0.912 bits per heavy atom. The van der Waals surface area contributed by atoms with Crippen LogP contribution in [0.15, 0.2) is 53.5 Å². The smallest absolute Gasteiger partial charge is 0.293 e. The lowest BCUT2D eigenvalue weighted by molar-refractivity contribution is -0.136. The van der Waals surface area contributed by atoms with Crippen LogP contribution in [0, 0.1) is 5.92 Å². The molecule has 1 atom stereocenters. The molecule has 4 aromatic rings. The minimum absolute atomic E-state index is 0.0820. The van der Waals surface area contributed by atoms with Crippen LogP contribution in [0.3, 0.4) is 0 Å². The Bertz CT molecular complexity index is 2370. The number of fused-ring (bicyclic) bond motifs is 2. The Balaban J connectivity index is 0.843. The first-order chi connectivity index (χ1) is 27.4. The van der Waals surface area contributed by atoms with Crippen molar-refractivity contribution in [3.63, 3.8) is 0 Å². The van der Waals surface area contributed by atoms with Crippen LogP contribution in [0.5, 0.6) is 5.75 Å². The highest BCUT2D eigenvalue weighted by Gasteiger charge is 2.45. The molecule has 0 aliphatic carbocycles. The number of ether oxygens (including phenoxy) is 1. The predicted molar refractivity (Wildman–Crippen MR) is 212 cm³/mol. The van der Waals surface area contributed by atoms with E-state index in [2.05, 4.69) is 30.3 Å². The summed E-state index contributed by atoms with van der Waals surface area (Å²) < 4.78 is 6.96. The zero-order valence-electron chi connectivity index (χ0n) is 31.6. The molecule has 16 nitrogen and oxygen atoms in total. The number of nitrogens with one attached hydrogen (secondary N) is 2. The van der Waals surface area contributed by atoms with E-state index in [-0.39, 0.29) is 42.1 Å². The van der Waals surface area contributed by atoms with Crippen molar-refractivity contribution < 1.29 is 28.7 Å². The molecule has 4 aliphatic heterocycles. The lowest BCUT2D eigenvalue weighted by Gasteiger charge is -2.39. The molecule has 3 fully saturated rings. The number of aromatic nitrogens is 3. The van der Waals surface area contributed by atoms with Gasteiger partial charge in [-0.3, -0.25) is 43.9 Å². The molecular weight excluding hydrogens is 754 g/mol. The van der Waals surface area contributed by atoms with Gasteiger partial charge in [0.15, 0.2) is 17.4 Å². The van der Waals surface area contributed by atoms with Crippen LogP contribution in [0.25, 0.3) is 10.9 Å². The van der Waals surface area contributed by atoms with E-state index in [1.165, 1.54) is 11.5 Å².